The summed E-state index contributed by atoms with van der Waals surface area (Å²) in [6.45, 7) is 7.57. The molecule has 2 N–H and O–H groups in total. The van der Waals surface area contributed by atoms with Crippen molar-refractivity contribution < 1.29 is 9.47 Å². The van der Waals surface area contributed by atoms with Gasteiger partial charge in [-0.2, -0.15) is 0 Å². The highest BCUT2D eigenvalue weighted by Crippen LogP contribution is 2.14. The number of nitrogens with zero attached hydrogens (tertiary/aromatic N) is 1. The molecular formula is C42H84N2O2. The number of rotatable bonds is 38. The molecule has 0 heterocycles. The van der Waals surface area contributed by atoms with Gasteiger partial charge in [-0.25, -0.2) is 0 Å². The van der Waals surface area contributed by atoms with Crippen molar-refractivity contribution in [3.05, 3.63) is 24.3 Å². The monoisotopic (exact) mass is 649 g/mol. The molecule has 2 unspecified atom stereocenters. The fourth-order valence-corrected chi connectivity index (χ4v) is 6.13. The molecule has 4 nitrogen and oxygen atoms in total. The van der Waals surface area contributed by atoms with Crippen molar-refractivity contribution in [1.29, 1.82) is 0 Å². The quantitative estimate of drug-likeness (QED) is 0.0534. The van der Waals surface area contributed by atoms with E-state index in [1.165, 1.54) is 167 Å². The SMILES string of the molecule is CCCCCCCCC=CCCCCCCCCOC(CN)C(CN(C)C)OCCCCCCCCC=CCCCCCCCC. The van der Waals surface area contributed by atoms with Gasteiger partial charge in [0.1, 0.15) is 0 Å². The molecule has 0 aromatic heterocycles. The van der Waals surface area contributed by atoms with E-state index in [9.17, 15) is 0 Å². The van der Waals surface area contributed by atoms with E-state index < -0.39 is 0 Å². The Bertz CT molecular complexity index is 621. The van der Waals surface area contributed by atoms with Gasteiger partial charge in [0.15, 0.2) is 0 Å². The van der Waals surface area contributed by atoms with Crippen LogP contribution in [0.5, 0.6) is 0 Å². The summed E-state index contributed by atoms with van der Waals surface area (Å²) in [5, 5.41) is 0. The van der Waals surface area contributed by atoms with E-state index in [4.69, 9.17) is 15.2 Å². The van der Waals surface area contributed by atoms with E-state index in [0.29, 0.717) is 6.54 Å². The maximum atomic E-state index is 6.35. The molecule has 0 aliphatic heterocycles. The molecule has 0 rings (SSSR count). The second-order valence-electron chi connectivity index (χ2n) is 14.2. The Balaban J connectivity index is 3.77. The van der Waals surface area contributed by atoms with Crippen molar-refractivity contribution >= 4 is 0 Å². The Kier molecular flexibility index (Phi) is 38.2. The van der Waals surface area contributed by atoms with Crippen LogP contribution in [-0.2, 0) is 9.47 Å². The van der Waals surface area contributed by atoms with Crippen LogP contribution < -0.4 is 5.73 Å². The molecule has 4 heteroatoms. The van der Waals surface area contributed by atoms with Crippen LogP contribution in [0.1, 0.15) is 194 Å². The highest BCUT2D eigenvalue weighted by atomic mass is 16.5. The van der Waals surface area contributed by atoms with Gasteiger partial charge in [0.25, 0.3) is 0 Å². The minimum atomic E-state index is -0.0142. The molecule has 0 radical (unpaired) electrons. The number of hydrogen-bond donors (Lipinski definition) is 1. The fourth-order valence-electron chi connectivity index (χ4n) is 6.13. The van der Waals surface area contributed by atoms with Crippen molar-refractivity contribution in [1.82, 2.24) is 4.90 Å². The summed E-state index contributed by atoms with van der Waals surface area (Å²) in [6.07, 6.45) is 46.9. The first-order valence-corrected chi connectivity index (χ1v) is 20.5. The first-order chi connectivity index (χ1) is 22.7. The van der Waals surface area contributed by atoms with E-state index in [-0.39, 0.29) is 12.2 Å². The number of unbranched alkanes of at least 4 members (excludes halogenated alkanes) is 24. The van der Waals surface area contributed by atoms with Crippen LogP contribution in [0.3, 0.4) is 0 Å². The van der Waals surface area contributed by atoms with Gasteiger partial charge in [0.05, 0.1) is 12.2 Å². The first-order valence-electron chi connectivity index (χ1n) is 20.5. The molecule has 0 saturated heterocycles. The van der Waals surface area contributed by atoms with Gasteiger partial charge >= 0.3 is 0 Å². The summed E-state index contributed by atoms with van der Waals surface area (Å²) in [5.74, 6) is 0. The van der Waals surface area contributed by atoms with Crippen molar-refractivity contribution in [2.24, 2.45) is 5.73 Å². The number of hydrogen-bond acceptors (Lipinski definition) is 4. The maximum absolute atomic E-state index is 6.35. The first kappa shape index (κ1) is 45.3. The number of allylic oxidation sites excluding steroid dienone is 4. The molecule has 0 fully saturated rings. The van der Waals surface area contributed by atoms with Crippen molar-refractivity contribution in [2.75, 3.05) is 40.4 Å². The van der Waals surface area contributed by atoms with Crippen LogP contribution in [0.15, 0.2) is 24.3 Å². The van der Waals surface area contributed by atoms with Crippen LogP contribution in [0.2, 0.25) is 0 Å². The number of likely N-dealkylation sites (N-methyl/N-ethyl adjacent to an activating group) is 1. The topological polar surface area (TPSA) is 47.7 Å². The maximum Gasteiger partial charge on any atom is 0.0975 e. The van der Waals surface area contributed by atoms with Crippen molar-refractivity contribution in [3.63, 3.8) is 0 Å². The number of ether oxygens (including phenoxy) is 2. The van der Waals surface area contributed by atoms with E-state index in [0.717, 1.165) is 32.6 Å². The van der Waals surface area contributed by atoms with Crippen LogP contribution in [0.4, 0.5) is 0 Å². The standard InChI is InChI=1S/C42H84N2O2/c1-5-7-9-11-13-15-17-19-21-23-25-27-29-31-33-35-37-45-41(39-43)42(40-44(3)4)46-38-36-34-32-30-28-26-24-22-20-18-16-14-12-10-8-6-2/h19-22,41-42H,5-18,23-40,43H2,1-4H3. The van der Waals surface area contributed by atoms with Crippen LogP contribution in [0.25, 0.3) is 0 Å². The Morgan fingerprint density at radius 3 is 1.07 bits per heavy atom. The van der Waals surface area contributed by atoms with Crippen LogP contribution >= 0.6 is 0 Å². The molecule has 0 spiro atoms. The fraction of sp³-hybridized carbons (Fsp3) is 0.905. The molecular weight excluding hydrogens is 564 g/mol. The second-order valence-corrected chi connectivity index (χ2v) is 14.2. The Labute approximate surface area is 290 Å². The van der Waals surface area contributed by atoms with Gasteiger partial charge in [-0.1, -0.05) is 154 Å². The van der Waals surface area contributed by atoms with Crippen LogP contribution in [-0.4, -0.2) is 57.5 Å². The van der Waals surface area contributed by atoms with Crippen molar-refractivity contribution in [2.45, 2.75) is 206 Å². The predicted octanol–water partition coefficient (Wildman–Crippen LogP) is 12.4. The largest absolute Gasteiger partial charge is 0.374 e. The van der Waals surface area contributed by atoms with Crippen molar-refractivity contribution in [3.8, 4) is 0 Å². The highest BCUT2D eigenvalue weighted by Gasteiger charge is 2.22. The summed E-state index contributed by atoms with van der Waals surface area (Å²) in [4.78, 5) is 2.20. The third kappa shape index (κ3) is 34.6. The minimum absolute atomic E-state index is 0.0142. The third-order valence-corrected chi connectivity index (χ3v) is 9.17. The van der Waals surface area contributed by atoms with E-state index in [1.807, 2.05) is 0 Å². The van der Waals surface area contributed by atoms with Gasteiger partial charge in [-0.15, -0.1) is 0 Å². The Morgan fingerprint density at radius 2 is 0.739 bits per heavy atom. The van der Waals surface area contributed by atoms with Gasteiger partial charge in [-0.05, 0) is 78.3 Å². The molecule has 0 aromatic rings. The lowest BCUT2D eigenvalue weighted by Crippen LogP contribution is -2.44. The molecule has 46 heavy (non-hydrogen) atoms. The minimum Gasteiger partial charge on any atom is -0.374 e. The molecule has 0 aliphatic carbocycles. The van der Waals surface area contributed by atoms with Crippen LogP contribution in [0, 0.1) is 0 Å². The molecule has 2 atom stereocenters. The zero-order valence-corrected chi connectivity index (χ0v) is 31.9. The summed E-state index contributed by atoms with van der Waals surface area (Å²) in [7, 11) is 4.22. The van der Waals surface area contributed by atoms with E-state index in [1.54, 1.807) is 0 Å². The normalized spacial score (nSPS) is 13.5. The summed E-state index contributed by atoms with van der Waals surface area (Å²) >= 11 is 0. The predicted molar refractivity (Wildman–Crippen MR) is 206 cm³/mol. The Hall–Kier alpha value is -0.680. The molecule has 0 aliphatic rings. The lowest BCUT2D eigenvalue weighted by atomic mass is 10.1. The zero-order valence-electron chi connectivity index (χ0n) is 31.9. The molecule has 274 valence electrons. The summed E-state index contributed by atoms with van der Waals surface area (Å²) in [6, 6.07) is 0. The van der Waals surface area contributed by atoms with Gasteiger partial charge in [0.2, 0.25) is 0 Å². The second kappa shape index (κ2) is 38.8. The molecule has 0 bridgehead atoms. The summed E-state index contributed by atoms with van der Waals surface area (Å²) in [5.41, 5.74) is 6.15. The highest BCUT2D eigenvalue weighted by molar-refractivity contribution is 4.82. The average molecular weight is 649 g/mol. The van der Waals surface area contributed by atoms with Gasteiger partial charge in [0, 0.05) is 26.3 Å². The average Bonchev–Trinajstić information content (AvgIpc) is 3.05. The third-order valence-electron chi connectivity index (χ3n) is 9.17. The molecule has 0 aromatic carbocycles. The van der Waals surface area contributed by atoms with E-state index >= 15 is 0 Å². The van der Waals surface area contributed by atoms with Gasteiger partial charge < -0.3 is 20.1 Å². The lowest BCUT2D eigenvalue weighted by Gasteiger charge is -2.29. The van der Waals surface area contributed by atoms with Gasteiger partial charge in [-0.3, -0.25) is 0 Å². The number of nitrogens with two attached hydrogens (primary N) is 1. The Morgan fingerprint density at radius 1 is 0.435 bits per heavy atom. The molecule has 0 amide bonds. The molecule has 0 saturated carbocycles. The zero-order chi connectivity index (χ0) is 33.6. The summed E-state index contributed by atoms with van der Waals surface area (Å²) < 4.78 is 12.6. The van der Waals surface area contributed by atoms with E-state index in [2.05, 4.69) is 57.1 Å². The lowest BCUT2D eigenvalue weighted by molar-refractivity contribution is -0.0779. The smallest absolute Gasteiger partial charge is 0.0975 e.